The van der Waals surface area contributed by atoms with Gasteiger partial charge in [-0.15, -0.1) is 0 Å². The minimum Gasteiger partial charge on any atom is -0.505 e. The summed E-state index contributed by atoms with van der Waals surface area (Å²) in [6.45, 7) is 0.478. The van der Waals surface area contributed by atoms with Gasteiger partial charge in [0.05, 0.1) is 0 Å². The van der Waals surface area contributed by atoms with E-state index in [2.05, 4.69) is 12.6 Å². The van der Waals surface area contributed by atoms with Gasteiger partial charge in [-0.2, -0.15) is 12.6 Å². The largest absolute Gasteiger partial charge is 0.505 e. The molecule has 1 N–H and O–H groups in total. The van der Waals surface area contributed by atoms with Gasteiger partial charge in [0.2, 0.25) is 5.91 Å². The molecule has 1 aliphatic rings. The molecule has 5 heteroatoms. The number of anilines is 1. The predicted octanol–water partition coefficient (Wildman–Crippen LogP) is 1.57. The third-order valence-electron chi connectivity index (χ3n) is 2.35. The van der Waals surface area contributed by atoms with Gasteiger partial charge in [0.1, 0.15) is 0 Å². The van der Waals surface area contributed by atoms with Crippen LogP contribution in [-0.2, 0) is 4.79 Å². The lowest BCUT2D eigenvalue weighted by molar-refractivity contribution is -0.117. The summed E-state index contributed by atoms with van der Waals surface area (Å²) in [5, 5.41) is 9.01. The summed E-state index contributed by atoms with van der Waals surface area (Å²) < 4.78 is 13.0. The van der Waals surface area contributed by atoms with Crippen molar-refractivity contribution in [3.8, 4) is 5.75 Å². The minimum atomic E-state index is -0.720. The molecule has 1 fully saturated rings. The van der Waals surface area contributed by atoms with E-state index in [-0.39, 0.29) is 11.2 Å². The third kappa shape index (κ3) is 1.92. The number of aromatic hydroxyl groups is 1. The van der Waals surface area contributed by atoms with E-state index in [4.69, 9.17) is 5.11 Å². The maximum Gasteiger partial charge on any atom is 0.228 e. The van der Waals surface area contributed by atoms with E-state index in [1.54, 1.807) is 0 Å². The summed E-state index contributed by atoms with van der Waals surface area (Å²) >= 11 is 4.20. The minimum absolute atomic E-state index is 0.00522. The Morgan fingerprint density at radius 2 is 2.27 bits per heavy atom. The fraction of sp³-hybridized carbons (Fsp3) is 0.300. The van der Waals surface area contributed by atoms with Crippen LogP contribution in [-0.4, -0.2) is 22.8 Å². The standard InChI is InChI=1S/C10H10FNO2S/c11-8-3-6(1-2-9(8)13)12-5-7(15)4-10(12)14/h1-3,7,13,15H,4-5H2. The van der Waals surface area contributed by atoms with E-state index in [0.717, 1.165) is 6.07 Å². The SMILES string of the molecule is O=C1CC(S)CN1c1ccc(O)c(F)c1. The molecule has 1 amide bonds. The highest BCUT2D eigenvalue weighted by Crippen LogP contribution is 2.27. The molecule has 0 aromatic heterocycles. The number of carbonyl (C=O) groups excluding carboxylic acids is 1. The van der Waals surface area contributed by atoms with Crippen molar-refractivity contribution in [2.24, 2.45) is 0 Å². The van der Waals surface area contributed by atoms with Gasteiger partial charge in [-0.3, -0.25) is 4.79 Å². The number of benzene rings is 1. The number of phenolic OH excluding ortho intramolecular Hbond substituents is 1. The number of halogens is 1. The number of thiol groups is 1. The molecule has 2 rings (SSSR count). The average molecular weight is 227 g/mol. The molecule has 1 aromatic rings. The average Bonchev–Trinajstić information content (AvgIpc) is 2.50. The molecule has 0 radical (unpaired) electrons. The molecule has 80 valence electrons. The fourth-order valence-corrected chi connectivity index (χ4v) is 1.92. The van der Waals surface area contributed by atoms with Gasteiger partial charge in [-0.25, -0.2) is 4.39 Å². The Kier molecular flexibility index (Phi) is 2.56. The van der Waals surface area contributed by atoms with Gasteiger partial charge in [0.15, 0.2) is 11.6 Å². The van der Waals surface area contributed by atoms with Gasteiger partial charge in [-0.05, 0) is 12.1 Å². The Bertz CT molecular complexity index is 410. The van der Waals surface area contributed by atoms with Crippen LogP contribution in [0.15, 0.2) is 18.2 Å². The summed E-state index contributed by atoms with van der Waals surface area (Å²) in [4.78, 5) is 12.9. The Morgan fingerprint density at radius 1 is 1.53 bits per heavy atom. The van der Waals surface area contributed by atoms with Gasteiger partial charge < -0.3 is 10.0 Å². The zero-order chi connectivity index (χ0) is 11.0. The molecule has 0 bridgehead atoms. The van der Waals surface area contributed by atoms with Crippen molar-refractivity contribution in [2.75, 3.05) is 11.4 Å². The Labute approximate surface area is 91.9 Å². The van der Waals surface area contributed by atoms with E-state index in [1.165, 1.54) is 17.0 Å². The molecular weight excluding hydrogens is 217 g/mol. The molecule has 1 heterocycles. The van der Waals surface area contributed by atoms with Crippen LogP contribution in [0, 0.1) is 5.82 Å². The normalized spacial score (nSPS) is 21.1. The van der Waals surface area contributed by atoms with Crippen molar-refractivity contribution in [1.82, 2.24) is 0 Å². The highest BCUT2D eigenvalue weighted by Gasteiger charge is 2.28. The lowest BCUT2D eigenvalue weighted by Crippen LogP contribution is -2.24. The van der Waals surface area contributed by atoms with Crippen molar-refractivity contribution in [3.05, 3.63) is 24.0 Å². The van der Waals surface area contributed by atoms with Crippen LogP contribution < -0.4 is 4.90 Å². The van der Waals surface area contributed by atoms with Crippen LogP contribution in [0.1, 0.15) is 6.42 Å². The molecule has 1 aromatic carbocycles. The van der Waals surface area contributed by atoms with E-state index >= 15 is 0 Å². The second-order valence-corrected chi connectivity index (χ2v) is 4.23. The number of rotatable bonds is 1. The van der Waals surface area contributed by atoms with E-state index in [0.29, 0.717) is 18.7 Å². The lowest BCUT2D eigenvalue weighted by Gasteiger charge is -2.16. The summed E-state index contributed by atoms with van der Waals surface area (Å²) in [5.74, 6) is -1.20. The molecule has 1 saturated heterocycles. The van der Waals surface area contributed by atoms with Crippen LogP contribution >= 0.6 is 12.6 Å². The van der Waals surface area contributed by atoms with Crippen molar-refractivity contribution in [2.45, 2.75) is 11.7 Å². The first-order valence-electron chi connectivity index (χ1n) is 4.55. The molecule has 0 saturated carbocycles. The van der Waals surface area contributed by atoms with Gasteiger partial charge in [-0.1, -0.05) is 0 Å². The van der Waals surface area contributed by atoms with Crippen LogP contribution in [0.4, 0.5) is 10.1 Å². The maximum absolute atomic E-state index is 13.0. The Morgan fingerprint density at radius 3 is 2.80 bits per heavy atom. The second-order valence-electron chi connectivity index (χ2n) is 3.50. The molecule has 1 atom stereocenters. The van der Waals surface area contributed by atoms with E-state index in [1.807, 2.05) is 0 Å². The third-order valence-corrected chi connectivity index (χ3v) is 2.69. The molecule has 0 aliphatic carbocycles. The maximum atomic E-state index is 13.0. The first-order chi connectivity index (χ1) is 7.08. The quantitative estimate of drug-likeness (QED) is 0.715. The molecule has 1 unspecified atom stereocenters. The zero-order valence-electron chi connectivity index (χ0n) is 7.85. The van der Waals surface area contributed by atoms with E-state index < -0.39 is 11.6 Å². The van der Waals surface area contributed by atoms with Crippen molar-refractivity contribution in [1.29, 1.82) is 0 Å². The Balaban J connectivity index is 2.30. The van der Waals surface area contributed by atoms with Gasteiger partial charge in [0, 0.05) is 30.0 Å². The van der Waals surface area contributed by atoms with Gasteiger partial charge >= 0.3 is 0 Å². The number of nitrogens with zero attached hydrogens (tertiary/aromatic N) is 1. The number of carbonyl (C=O) groups is 1. The summed E-state index contributed by atoms with van der Waals surface area (Å²) in [7, 11) is 0. The summed E-state index contributed by atoms with van der Waals surface area (Å²) in [6, 6.07) is 3.91. The first kappa shape index (κ1) is 10.3. The number of phenols is 1. The first-order valence-corrected chi connectivity index (χ1v) is 5.06. The topological polar surface area (TPSA) is 40.5 Å². The Hall–Kier alpha value is -1.23. The highest BCUT2D eigenvalue weighted by molar-refractivity contribution is 7.81. The second kappa shape index (κ2) is 3.73. The highest BCUT2D eigenvalue weighted by atomic mass is 32.1. The number of hydrogen-bond acceptors (Lipinski definition) is 3. The number of hydrogen-bond donors (Lipinski definition) is 2. The molecule has 15 heavy (non-hydrogen) atoms. The lowest BCUT2D eigenvalue weighted by atomic mass is 10.2. The number of amides is 1. The van der Waals surface area contributed by atoms with Gasteiger partial charge in [0.25, 0.3) is 0 Å². The van der Waals surface area contributed by atoms with Crippen molar-refractivity contribution in [3.63, 3.8) is 0 Å². The molecular formula is C10H10FNO2S. The van der Waals surface area contributed by atoms with Crippen LogP contribution in [0.25, 0.3) is 0 Å². The van der Waals surface area contributed by atoms with Crippen LogP contribution in [0.5, 0.6) is 5.75 Å². The summed E-state index contributed by atoms with van der Waals surface area (Å²) in [6.07, 6.45) is 0.367. The molecule has 0 spiro atoms. The molecule has 1 aliphatic heterocycles. The van der Waals surface area contributed by atoms with Crippen LogP contribution in [0.3, 0.4) is 0 Å². The zero-order valence-corrected chi connectivity index (χ0v) is 8.75. The monoisotopic (exact) mass is 227 g/mol. The van der Waals surface area contributed by atoms with Crippen molar-refractivity contribution < 1.29 is 14.3 Å². The molecule has 3 nitrogen and oxygen atoms in total. The smallest absolute Gasteiger partial charge is 0.228 e. The van der Waals surface area contributed by atoms with E-state index in [9.17, 15) is 9.18 Å². The van der Waals surface area contributed by atoms with Crippen LogP contribution in [0.2, 0.25) is 0 Å². The van der Waals surface area contributed by atoms with Crippen molar-refractivity contribution >= 4 is 24.2 Å². The fourth-order valence-electron chi connectivity index (χ4n) is 1.60. The predicted molar refractivity (Wildman–Crippen MR) is 57.8 cm³/mol. The summed E-state index contributed by atoms with van der Waals surface area (Å²) in [5.41, 5.74) is 0.465.